The van der Waals surface area contributed by atoms with Crippen molar-refractivity contribution in [1.29, 1.82) is 0 Å². The predicted octanol–water partition coefficient (Wildman–Crippen LogP) is 3.47. The molecular weight excluding hydrogens is 443 g/mol. The third-order valence-corrected chi connectivity index (χ3v) is 4.81. The number of nitrogens with one attached hydrogen (secondary N) is 2. The Morgan fingerprint density at radius 3 is 2.58 bits per heavy atom. The number of hydrogen-bond acceptors (Lipinski definition) is 8. The highest BCUT2D eigenvalue weighted by atomic mass is 19.4. The molecule has 0 amide bonds. The van der Waals surface area contributed by atoms with Crippen LogP contribution in [0, 0.1) is 13.8 Å². The molecule has 0 fully saturated rings. The molecule has 10 nitrogen and oxygen atoms in total. The van der Waals surface area contributed by atoms with Gasteiger partial charge in [0.25, 0.3) is 0 Å². The highest BCUT2D eigenvalue weighted by Gasteiger charge is 2.30. The van der Waals surface area contributed by atoms with E-state index in [4.69, 9.17) is 4.74 Å². The first-order valence-corrected chi connectivity index (χ1v) is 9.69. The average molecular weight is 461 g/mol. The quantitative estimate of drug-likeness (QED) is 0.429. The van der Waals surface area contributed by atoms with Crippen molar-refractivity contribution >= 4 is 11.5 Å². The van der Waals surface area contributed by atoms with E-state index in [1.807, 2.05) is 0 Å². The summed E-state index contributed by atoms with van der Waals surface area (Å²) in [7, 11) is 0. The molecule has 1 aromatic carbocycles. The molecule has 0 saturated carbocycles. The zero-order valence-electron chi connectivity index (χ0n) is 17.5. The zero-order chi connectivity index (χ0) is 23.6. The van der Waals surface area contributed by atoms with E-state index in [1.165, 1.54) is 18.5 Å². The van der Waals surface area contributed by atoms with Crippen LogP contribution in [0.1, 0.15) is 16.8 Å². The molecule has 0 bridgehead atoms. The number of halogens is 3. The van der Waals surface area contributed by atoms with Gasteiger partial charge in [-0.3, -0.25) is 9.51 Å². The number of hydrogen-bond donors (Lipinski definition) is 2. The highest BCUT2D eigenvalue weighted by Crippen LogP contribution is 2.39. The molecule has 33 heavy (non-hydrogen) atoms. The maximum Gasteiger partial charge on any atom is 0.439 e. The van der Waals surface area contributed by atoms with Gasteiger partial charge in [0.15, 0.2) is 5.82 Å². The second kappa shape index (κ2) is 8.76. The third-order valence-electron chi connectivity index (χ3n) is 4.81. The van der Waals surface area contributed by atoms with Crippen LogP contribution < -0.4 is 15.8 Å². The van der Waals surface area contributed by atoms with Gasteiger partial charge in [-0.2, -0.15) is 18.3 Å². The lowest BCUT2D eigenvalue weighted by Crippen LogP contribution is -2.12. The molecule has 0 spiro atoms. The summed E-state index contributed by atoms with van der Waals surface area (Å²) in [5.41, 5.74) is 1.15. The molecule has 2 N–H and O–H groups in total. The van der Waals surface area contributed by atoms with Gasteiger partial charge in [-0.05, 0) is 38.1 Å². The monoisotopic (exact) mass is 461 g/mol. The number of aryl methyl sites for hydroxylation is 1. The second-order valence-corrected chi connectivity index (χ2v) is 7.03. The number of alkyl halides is 3. The van der Waals surface area contributed by atoms with Crippen LogP contribution in [0.2, 0.25) is 0 Å². The van der Waals surface area contributed by atoms with Gasteiger partial charge in [0.1, 0.15) is 36.4 Å². The topological polar surface area (TPSA) is 124 Å². The normalized spacial score (nSPS) is 11.5. The van der Waals surface area contributed by atoms with Crippen LogP contribution in [0.25, 0.3) is 11.4 Å². The van der Waals surface area contributed by atoms with Crippen molar-refractivity contribution in [3.63, 3.8) is 0 Å². The Morgan fingerprint density at radius 1 is 1.21 bits per heavy atom. The molecular formula is C20H18F3N7O3. The summed E-state index contributed by atoms with van der Waals surface area (Å²) in [6, 6.07) is 4.47. The minimum atomic E-state index is -4.45. The van der Waals surface area contributed by atoms with Crippen molar-refractivity contribution in [2.45, 2.75) is 26.6 Å². The van der Waals surface area contributed by atoms with Gasteiger partial charge in [0.2, 0.25) is 0 Å². The number of aromatic amines is 1. The molecule has 0 unspecified atom stereocenters. The Balaban J connectivity index is 1.72. The van der Waals surface area contributed by atoms with E-state index in [-0.39, 0.29) is 18.2 Å². The Bertz CT molecular complexity index is 1300. The zero-order valence-corrected chi connectivity index (χ0v) is 17.5. The summed E-state index contributed by atoms with van der Waals surface area (Å²) in [5.74, 6) is -0.127. The maximum absolute atomic E-state index is 12.9. The van der Waals surface area contributed by atoms with Gasteiger partial charge < -0.3 is 10.1 Å². The van der Waals surface area contributed by atoms with Gasteiger partial charge in [-0.25, -0.2) is 19.4 Å². The van der Waals surface area contributed by atoms with Crippen molar-refractivity contribution in [2.75, 3.05) is 11.9 Å². The van der Waals surface area contributed by atoms with E-state index in [2.05, 4.69) is 35.0 Å². The van der Waals surface area contributed by atoms with Crippen molar-refractivity contribution < 1.29 is 22.4 Å². The number of aromatic nitrogens is 6. The van der Waals surface area contributed by atoms with E-state index in [9.17, 15) is 18.0 Å². The van der Waals surface area contributed by atoms with Crippen molar-refractivity contribution in [2.24, 2.45) is 0 Å². The first-order valence-electron chi connectivity index (χ1n) is 9.69. The fraction of sp³-hybridized carbons (Fsp3) is 0.250. The molecule has 0 saturated heterocycles. The molecule has 172 valence electrons. The lowest BCUT2D eigenvalue weighted by molar-refractivity contribution is -0.137. The van der Waals surface area contributed by atoms with E-state index >= 15 is 0 Å². The predicted molar refractivity (Wildman–Crippen MR) is 110 cm³/mol. The maximum atomic E-state index is 12.9. The summed E-state index contributed by atoms with van der Waals surface area (Å²) < 4.78 is 50.9. The molecule has 0 atom stereocenters. The minimum absolute atomic E-state index is 0.0563. The van der Waals surface area contributed by atoms with E-state index in [0.717, 1.165) is 12.1 Å². The van der Waals surface area contributed by atoms with Gasteiger partial charge >= 0.3 is 11.9 Å². The summed E-state index contributed by atoms with van der Waals surface area (Å²) in [6.07, 6.45) is -1.51. The fourth-order valence-electron chi connectivity index (χ4n) is 3.06. The summed E-state index contributed by atoms with van der Waals surface area (Å²) in [4.78, 5) is 22.4. The van der Waals surface area contributed by atoms with Crippen molar-refractivity contribution in [3.8, 4) is 17.1 Å². The van der Waals surface area contributed by atoms with E-state index in [0.29, 0.717) is 34.8 Å². The van der Waals surface area contributed by atoms with Crippen LogP contribution in [0.5, 0.6) is 5.75 Å². The minimum Gasteiger partial charge on any atom is -0.490 e. The standard InChI is InChI=1S/C20H18F3N7O3/c1-11-12(2)26-17(27-14-5-3-13(4-6-14)20(21,22)23)15(18-28-19(31)33-29-18)16(11)32-8-7-30-10-24-9-25-30/h3-6,9-10H,7-8H2,1-2H3,(H,26,27)(H,28,29,31). The Kier molecular flexibility index (Phi) is 5.85. The highest BCUT2D eigenvalue weighted by molar-refractivity contribution is 5.81. The van der Waals surface area contributed by atoms with Crippen LogP contribution in [0.4, 0.5) is 24.7 Å². The molecule has 4 rings (SSSR count). The van der Waals surface area contributed by atoms with Gasteiger partial charge in [0, 0.05) is 16.9 Å². The largest absolute Gasteiger partial charge is 0.490 e. The van der Waals surface area contributed by atoms with Crippen molar-refractivity contribution in [1.82, 2.24) is 29.9 Å². The van der Waals surface area contributed by atoms with Gasteiger partial charge in [-0.1, -0.05) is 5.16 Å². The van der Waals surface area contributed by atoms with Crippen LogP contribution in [0.15, 0.2) is 46.2 Å². The number of anilines is 2. The van der Waals surface area contributed by atoms with Crippen LogP contribution >= 0.6 is 0 Å². The lowest BCUT2D eigenvalue weighted by Gasteiger charge is -2.18. The molecule has 13 heteroatoms. The molecule has 0 aliphatic rings. The third kappa shape index (κ3) is 4.86. The number of benzene rings is 1. The second-order valence-electron chi connectivity index (χ2n) is 7.03. The fourth-order valence-corrected chi connectivity index (χ4v) is 3.06. The molecule has 0 aliphatic heterocycles. The Labute approximate surface area is 184 Å². The molecule has 3 heterocycles. The lowest BCUT2D eigenvalue weighted by atomic mass is 10.1. The average Bonchev–Trinajstić information content (AvgIpc) is 3.43. The molecule has 0 radical (unpaired) electrons. The smallest absolute Gasteiger partial charge is 0.439 e. The van der Waals surface area contributed by atoms with Crippen LogP contribution in [0.3, 0.4) is 0 Å². The number of H-pyrrole nitrogens is 1. The SMILES string of the molecule is Cc1nc(Nc2ccc(C(F)(F)F)cc2)c(-c2noc(=O)[nH]2)c(OCCn2cncn2)c1C. The number of ether oxygens (including phenoxy) is 1. The van der Waals surface area contributed by atoms with E-state index in [1.54, 1.807) is 24.9 Å². The van der Waals surface area contributed by atoms with Crippen LogP contribution in [-0.2, 0) is 12.7 Å². The van der Waals surface area contributed by atoms with Crippen molar-refractivity contribution in [3.05, 3.63) is 64.3 Å². The molecule has 4 aromatic rings. The number of rotatable bonds is 7. The Morgan fingerprint density at radius 2 is 1.97 bits per heavy atom. The van der Waals surface area contributed by atoms with Crippen LogP contribution in [-0.4, -0.2) is 36.5 Å². The summed E-state index contributed by atoms with van der Waals surface area (Å²) in [5, 5.41) is 10.7. The van der Waals surface area contributed by atoms with Gasteiger partial charge in [0.05, 0.1) is 12.1 Å². The Hall–Kier alpha value is -4.16. The first-order chi connectivity index (χ1) is 15.7. The molecule has 3 aromatic heterocycles. The van der Waals surface area contributed by atoms with Gasteiger partial charge in [-0.15, -0.1) is 0 Å². The van der Waals surface area contributed by atoms with E-state index < -0.39 is 17.5 Å². The summed E-state index contributed by atoms with van der Waals surface area (Å²) in [6.45, 7) is 4.16. The number of nitrogens with zero attached hydrogens (tertiary/aromatic N) is 5. The summed E-state index contributed by atoms with van der Waals surface area (Å²) >= 11 is 0. The first kappa shape index (κ1) is 22.0. The number of pyridine rings is 1. The molecule has 0 aliphatic carbocycles.